The third-order valence-electron chi connectivity index (χ3n) is 3.40. The third kappa shape index (κ3) is 4.76. The van der Waals surface area contributed by atoms with Crippen LogP contribution < -0.4 is 14.6 Å². The van der Waals surface area contributed by atoms with Crippen LogP contribution in [0.4, 0.5) is 0 Å². The maximum absolute atomic E-state index is 10.9. The van der Waals surface area contributed by atoms with Crippen LogP contribution in [0.25, 0.3) is 0 Å². The molecule has 3 rings (SSSR count). The Morgan fingerprint density at radius 3 is 2.65 bits per heavy atom. The van der Waals surface area contributed by atoms with Gasteiger partial charge < -0.3 is 23.8 Å². The molecule has 1 heterocycles. The van der Waals surface area contributed by atoms with E-state index in [0.29, 0.717) is 22.6 Å². The van der Waals surface area contributed by atoms with Gasteiger partial charge >= 0.3 is 0 Å². The number of carboxylic acid groups (broad SMARTS) is 1. The zero-order valence-corrected chi connectivity index (χ0v) is 14.7. The number of thioether (sulfide) groups is 1. The van der Waals surface area contributed by atoms with E-state index in [1.165, 1.54) is 17.8 Å². The van der Waals surface area contributed by atoms with Crippen molar-refractivity contribution in [1.29, 1.82) is 0 Å². The van der Waals surface area contributed by atoms with Gasteiger partial charge in [0.15, 0.2) is 6.61 Å². The summed E-state index contributed by atoms with van der Waals surface area (Å²) in [4.78, 5) is 10.9. The van der Waals surface area contributed by atoms with Crippen molar-refractivity contribution in [2.75, 3.05) is 7.11 Å². The van der Waals surface area contributed by atoms with Gasteiger partial charge in [-0.25, -0.2) is 0 Å². The number of rotatable bonds is 8. The normalized spacial score (nSPS) is 10.5. The van der Waals surface area contributed by atoms with Crippen LogP contribution in [0, 0.1) is 0 Å². The lowest BCUT2D eigenvalue weighted by molar-refractivity contribution is -0.255. The number of carboxylic acids is 1. The highest BCUT2D eigenvalue weighted by molar-refractivity contribution is 7.98. The van der Waals surface area contributed by atoms with Crippen LogP contribution in [0.5, 0.6) is 11.5 Å². The molecule has 0 aliphatic heterocycles. The monoisotopic (exact) mass is 371 g/mol. The molecule has 2 aromatic carbocycles. The average Bonchev–Trinajstić information content (AvgIpc) is 3.13. The Kier molecular flexibility index (Phi) is 5.75. The SMILES string of the molecule is COc1ccc(OCc2nnc(SCc3cccc(C(=O)[O-])c3)o2)cc1. The van der Waals surface area contributed by atoms with Crippen LogP contribution in [0.3, 0.4) is 0 Å². The second kappa shape index (κ2) is 8.39. The second-order valence-electron chi connectivity index (χ2n) is 5.20. The molecule has 0 amide bonds. The Morgan fingerprint density at radius 1 is 1.15 bits per heavy atom. The smallest absolute Gasteiger partial charge is 0.277 e. The summed E-state index contributed by atoms with van der Waals surface area (Å²) in [6, 6.07) is 13.7. The van der Waals surface area contributed by atoms with Gasteiger partial charge in [0.2, 0.25) is 0 Å². The van der Waals surface area contributed by atoms with E-state index >= 15 is 0 Å². The molecular weight excluding hydrogens is 356 g/mol. The van der Waals surface area contributed by atoms with Crippen LogP contribution >= 0.6 is 11.8 Å². The van der Waals surface area contributed by atoms with Crippen molar-refractivity contribution in [2.45, 2.75) is 17.6 Å². The molecule has 26 heavy (non-hydrogen) atoms. The number of ether oxygens (including phenoxy) is 2. The molecule has 0 N–H and O–H groups in total. The quantitative estimate of drug-likeness (QED) is 0.557. The van der Waals surface area contributed by atoms with Crippen molar-refractivity contribution in [3.8, 4) is 11.5 Å². The van der Waals surface area contributed by atoms with E-state index in [9.17, 15) is 9.90 Å². The molecule has 0 saturated carbocycles. The van der Waals surface area contributed by atoms with Gasteiger partial charge in [0, 0.05) is 5.75 Å². The van der Waals surface area contributed by atoms with Crippen LogP contribution in [-0.4, -0.2) is 23.3 Å². The van der Waals surface area contributed by atoms with Gasteiger partial charge in [0.25, 0.3) is 11.1 Å². The van der Waals surface area contributed by atoms with Crippen molar-refractivity contribution in [1.82, 2.24) is 10.2 Å². The molecule has 0 atom stereocenters. The number of nitrogens with zero attached hydrogens (tertiary/aromatic N) is 2. The molecule has 134 valence electrons. The maximum atomic E-state index is 10.9. The maximum Gasteiger partial charge on any atom is 0.277 e. The molecule has 0 spiro atoms. The molecule has 0 aliphatic rings. The molecule has 7 nitrogen and oxygen atoms in total. The molecule has 0 unspecified atom stereocenters. The van der Waals surface area contributed by atoms with Crippen molar-refractivity contribution in [3.05, 3.63) is 65.5 Å². The Hall–Kier alpha value is -3.00. The zero-order valence-electron chi connectivity index (χ0n) is 13.9. The third-order valence-corrected chi connectivity index (χ3v) is 4.28. The number of hydrogen-bond donors (Lipinski definition) is 0. The lowest BCUT2D eigenvalue weighted by Gasteiger charge is -2.05. The minimum Gasteiger partial charge on any atom is -0.545 e. The van der Waals surface area contributed by atoms with Gasteiger partial charge in [0.05, 0.1) is 13.1 Å². The van der Waals surface area contributed by atoms with E-state index in [0.717, 1.165) is 11.3 Å². The molecular formula is C18H15N2O5S-. The zero-order chi connectivity index (χ0) is 18.4. The van der Waals surface area contributed by atoms with Crippen molar-refractivity contribution < 1.29 is 23.8 Å². The van der Waals surface area contributed by atoms with Gasteiger partial charge in [-0.2, -0.15) is 0 Å². The Morgan fingerprint density at radius 2 is 1.92 bits per heavy atom. The number of hydrogen-bond acceptors (Lipinski definition) is 8. The van der Waals surface area contributed by atoms with Gasteiger partial charge in [-0.15, -0.1) is 10.2 Å². The molecule has 8 heteroatoms. The van der Waals surface area contributed by atoms with Crippen molar-refractivity contribution in [3.63, 3.8) is 0 Å². The summed E-state index contributed by atoms with van der Waals surface area (Å²) in [5, 5.41) is 19.1. The molecule has 3 aromatic rings. The van der Waals surface area contributed by atoms with Crippen LogP contribution in [-0.2, 0) is 12.4 Å². The highest BCUT2D eigenvalue weighted by Crippen LogP contribution is 2.23. The fourth-order valence-corrected chi connectivity index (χ4v) is 2.83. The largest absolute Gasteiger partial charge is 0.545 e. The standard InChI is InChI=1S/C18H16N2O5S/c1-23-14-5-7-15(8-6-14)24-10-16-19-20-18(25-16)26-11-12-3-2-4-13(9-12)17(21)22/h2-9H,10-11H2,1H3,(H,21,22)/p-1. The number of methoxy groups -OCH3 is 1. The summed E-state index contributed by atoms with van der Waals surface area (Å²) >= 11 is 1.32. The molecule has 0 radical (unpaired) electrons. The highest BCUT2D eigenvalue weighted by atomic mass is 32.2. The molecule has 0 bridgehead atoms. The molecule has 0 aliphatic carbocycles. The van der Waals surface area contributed by atoms with Crippen LogP contribution in [0.15, 0.2) is 58.2 Å². The van der Waals surface area contributed by atoms with Crippen LogP contribution in [0.2, 0.25) is 0 Å². The fourth-order valence-electron chi connectivity index (χ4n) is 2.11. The van der Waals surface area contributed by atoms with Crippen molar-refractivity contribution in [2.24, 2.45) is 0 Å². The first-order chi connectivity index (χ1) is 12.6. The van der Waals surface area contributed by atoms with E-state index in [4.69, 9.17) is 13.9 Å². The summed E-state index contributed by atoms with van der Waals surface area (Å²) < 4.78 is 16.2. The van der Waals surface area contributed by atoms with Gasteiger partial charge in [-0.1, -0.05) is 30.0 Å². The number of carbonyl (C=O) groups is 1. The number of aromatic carboxylic acids is 1. The van der Waals surface area contributed by atoms with E-state index < -0.39 is 5.97 Å². The topological polar surface area (TPSA) is 97.5 Å². The average molecular weight is 371 g/mol. The fraction of sp³-hybridized carbons (Fsp3) is 0.167. The minimum atomic E-state index is -1.20. The highest BCUT2D eigenvalue weighted by Gasteiger charge is 2.08. The number of aromatic nitrogens is 2. The summed E-state index contributed by atoms with van der Waals surface area (Å²) in [5.41, 5.74) is 0.966. The summed E-state index contributed by atoms with van der Waals surface area (Å²) in [7, 11) is 1.60. The van der Waals surface area contributed by atoms with Crippen LogP contribution in [0.1, 0.15) is 21.8 Å². The molecule has 0 saturated heterocycles. The summed E-state index contributed by atoms with van der Waals surface area (Å²) in [6.07, 6.45) is 0. The first-order valence-corrected chi connectivity index (χ1v) is 8.65. The van der Waals surface area contributed by atoms with Crippen molar-refractivity contribution >= 4 is 17.7 Å². The Balaban J connectivity index is 1.52. The van der Waals surface area contributed by atoms with E-state index in [-0.39, 0.29) is 12.2 Å². The second-order valence-corrected chi connectivity index (χ2v) is 6.13. The molecule has 1 aromatic heterocycles. The first kappa shape index (κ1) is 17.8. The Bertz CT molecular complexity index is 879. The van der Waals surface area contributed by atoms with Gasteiger partial charge in [-0.3, -0.25) is 0 Å². The lowest BCUT2D eigenvalue weighted by atomic mass is 10.1. The first-order valence-electron chi connectivity index (χ1n) is 7.66. The lowest BCUT2D eigenvalue weighted by Crippen LogP contribution is -2.22. The minimum absolute atomic E-state index is 0.141. The van der Waals surface area contributed by atoms with Gasteiger partial charge in [0.1, 0.15) is 11.5 Å². The molecule has 0 fully saturated rings. The van der Waals surface area contributed by atoms with E-state index in [1.807, 2.05) is 6.07 Å². The predicted octanol–water partition coefficient (Wildman–Crippen LogP) is 2.31. The van der Waals surface area contributed by atoms with E-state index in [1.54, 1.807) is 43.5 Å². The Labute approximate surface area is 154 Å². The number of carbonyl (C=O) groups excluding carboxylic acids is 1. The number of benzene rings is 2. The van der Waals surface area contributed by atoms with Gasteiger partial charge in [-0.05, 0) is 41.5 Å². The summed E-state index contributed by atoms with van der Waals surface area (Å²) in [5.74, 6) is 1.07. The predicted molar refractivity (Wildman–Crippen MR) is 92.0 cm³/mol. The van der Waals surface area contributed by atoms with E-state index in [2.05, 4.69) is 10.2 Å². The summed E-state index contributed by atoms with van der Waals surface area (Å²) in [6.45, 7) is 0.153.